The highest BCUT2D eigenvalue weighted by Crippen LogP contribution is 2.24. The predicted molar refractivity (Wildman–Crippen MR) is 82.1 cm³/mol. The molecule has 0 bridgehead atoms. The minimum atomic E-state index is -0.436. The molecular formula is C14H13Cl2N3O2. The van der Waals surface area contributed by atoms with Crippen LogP contribution in [0.5, 0.6) is 0 Å². The first kappa shape index (κ1) is 15.5. The Morgan fingerprint density at radius 1 is 1.29 bits per heavy atom. The molecule has 0 atom stereocenters. The Hall–Kier alpha value is -1.85. The van der Waals surface area contributed by atoms with Crippen LogP contribution >= 0.6 is 23.2 Å². The zero-order valence-electron chi connectivity index (χ0n) is 11.4. The van der Waals surface area contributed by atoms with Gasteiger partial charge in [0.05, 0.1) is 6.10 Å². The second kappa shape index (κ2) is 6.74. The molecule has 0 fully saturated rings. The zero-order chi connectivity index (χ0) is 15.4. The average Bonchev–Trinajstić information content (AvgIpc) is 2.83. The van der Waals surface area contributed by atoms with E-state index in [4.69, 9.17) is 27.9 Å². The Morgan fingerprint density at radius 2 is 1.95 bits per heavy atom. The third-order valence-corrected chi connectivity index (χ3v) is 2.79. The number of carbonyl (C=O) groups excluding carboxylic acids is 1. The molecule has 1 aromatic carbocycles. The van der Waals surface area contributed by atoms with E-state index in [-0.39, 0.29) is 6.10 Å². The van der Waals surface area contributed by atoms with Crippen LogP contribution in [0.4, 0.5) is 0 Å². The van der Waals surface area contributed by atoms with Gasteiger partial charge in [-0.2, -0.15) is 5.10 Å². The third-order valence-electron chi connectivity index (χ3n) is 2.35. The second-order valence-electron chi connectivity index (χ2n) is 4.52. The fourth-order valence-corrected chi connectivity index (χ4v) is 2.11. The highest BCUT2D eigenvalue weighted by molar-refractivity contribution is 6.35. The first-order chi connectivity index (χ1) is 9.94. The van der Waals surface area contributed by atoms with Gasteiger partial charge in [0.2, 0.25) is 0 Å². The van der Waals surface area contributed by atoms with Crippen molar-refractivity contribution in [2.24, 2.45) is 0 Å². The summed E-state index contributed by atoms with van der Waals surface area (Å²) in [5.74, 6) is 0.437. The van der Waals surface area contributed by atoms with Gasteiger partial charge in [0.1, 0.15) is 5.82 Å². The van der Waals surface area contributed by atoms with Crippen LogP contribution in [-0.4, -0.2) is 27.3 Å². The number of carbonyl (C=O) groups is 1. The molecule has 1 aromatic heterocycles. The summed E-state index contributed by atoms with van der Waals surface area (Å²) in [4.78, 5) is 15.6. The van der Waals surface area contributed by atoms with Crippen LogP contribution in [-0.2, 0) is 9.53 Å². The van der Waals surface area contributed by atoms with Crippen molar-refractivity contribution in [1.29, 1.82) is 0 Å². The molecule has 0 saturated carbocycles. The van der Waals surface area contributed by atoms with E-state index in [0.29, 0.717) is 27.3 Å². The summed E-state index contributed by atoms with van der Waals surface area (Å²) in [6.07, 6.45) is 2.61. The summed E-state index contributed by atoms with van der Waals surface area (Å²) in [5.41, 5.74) is 0.688. The van der Waals surface area contributed by atoms with Crippen molar-refractivity contribution >= 4 is 35.2 Å². The average molecular weight is 326 g/mol. The lowest BCUT2D eigenvalue weighted by atomic mass is 10.2. The number of nitrogens with one attached hydrogen (secondary N) is 1. The molecule has 0 saturated heterocycles. The molecule has 0 amide bonds. The molecule has 0 spiro atoms. The summed E-state index contributed by atoms with van der Waals surface area (Å²) in [5, 5.41) is 7.76. The van der Waals surface area contributed by atoms with Crippen molar-refractivity contribution in [2.45, 2.75) is 20.0 Å². The number of hydrogen-bond acceptors (Lipinski definition) is 4. The van der Waals surface area contributed by atoms with Crippen molar-refractivity contribution < 1.29 is 9.53 Å². The van der Waals surface area contributed by atoms with Crippen molar-refractivity contribution in [3.8, 4) is 11.4 Å². The number of rotatable bonds is 4. The number of aromatic amines is 1. The van der Waals surface area contributed by atoms with Gasteiger partial charge in [-0.05, 0) is 38.1 Å². The standard InChI is InChI=1S/C14H13Cl2N3O2/c1-8(2)21-13(20)4-3-12-17-14(19-18-12)9-5-10(15)7-11(16)6-9/h3-8H,1-2H3,(H,17,18,19)/b4-3+. The molecule has 0 aliphatic carbocycles. The summed E-state index contributed by atoms with van der Waals surface area (Å²) >= 11 is 11.9. The van der Waals surface area contributed by atoms with Crippen molar-refractivity contribution in [1.82, 2.24) is 15.2 Å². The van der Waals surface area contributed by atoms with Crippen LogP contribution in [0.1, 0.15) is 19.7 Å². The Labute approximate surface area is 131 Å². The lowest BCUT2D eigenvalue weighted by Crippen LogP contribution is -2.08. The first-order valence-corrected chi connectivity index (χ1v) is 6.97. The molecule has 0 aliphatic rings. The Kier molecular flexibility index (Phi) is 4.98. The maximum atomic E-state index is 11.4. The second-order valence-corrected chi connectivity index (χ2v) is 5.39. The van der Waals surface area contributed by atoms with Gasteiger partial charge >= 0.3 is 5.97 Å². The fourth-order valence-electron chi connectivity index (χ4n) is 1.58. The van der Waals surface area contributed by atoms with Crippen LogP contribution in [0.2, 0.25) is 10.0 Å². The highest BCUT2D eigenvalue weighted by Gasteiger charge is 2.07. The Bertz CT molecular complexity index is 660. The molecule has 7 heteroatoms. The van der Waals surface area contributed by atoms with Crippen LogP contribution in [0, 0.1) is 0 Å². The van der Waals surface area contributed by atoms with Gasteiger partial charge in [0.15, 0.2) is 5.82 Å². The molecule has 21 heavy (non-hydrogen) atoms. The number of nitrogens with zero attached hydrogens (tertiary/aromatic N) is 2. The van der Waals surface area contributed by atoms with Gasteiger partial charge in [0, 0.05) is 21.7 Å². The number of hydrogen-bond donors (Lipinski definition) is 1. The van der Waals surface area contributed by atoms with E-state index >= 15 is 0 Å². The van der Waals surface area contributed by atoms with Crippen molar-refractivity contribution in [3.05, 3.63) is 40.1 Å². The van der Waals surface area contributed by atoms with E-state index in [1.807, 2.05) is 0 Å². The van der Waals surface area contributed by atoms with E-state index < -0.39 is 5.97 Å². The topological polar surface area (TPSA) is 67.9 Å². The molecular weight excluding hydrogens is 313 g/mol. The Morgan fingerprint density at radius 3 is 2.57 bits per heavy atom. The lowest BCUT2D eigenvalue weighted by Gasteiger charge is -2.03. The van der Waals surface area contributed by atoms with Gasteiger partial charge in [-0.15, -0.1) is 0 Å². The quantitative estimate of drug-likeness (QED) is 0.686. The molecule has 0 radical (unpaired) electrons. The maximum absolute atomic E-state index is 11.4. The van der Waals surface area contributed by atoms with Gasteiger partial charge < -0.3 is 4.74 Å². The van der Waals surface area contributed by atoms with Crippen molar-refractivity contribution in [2.75, 3.05) is 0 Å². The molecule has 1 N–H and O–H groups in total. The maximum Gasteiger partial charge on any atom is 0.331 e. The largest absolute Gasteiger partial charge is 0.460 e. The minimum Gasteiger partial charge on any atom is -0.460 e. The summed E-state index contributed by atoms with van der Waals surface area (Å²) < 4.78 is 4.97. The third kappa shape index (κ3) is 4.58. The van der Waals surface area contributed by atoms with E-state index in [2.05, 4.69) is 15.2 Å². The predicted octanol–water partition coefficient (Wildman–Crippen LogP) is 3.74. The number of aromatic nitrogens is 3. The van der Waals surface area contributed by atoms with Crippen LogP contribution in [0.25, 0.3) is 17.5 Å². The summed E-state index contributed by atoms with van der Waals surface area (Å²) in [7, 11) is 0. The zero-order valence-corrected chi connectivity index (χ0v) is 12.9. The molecule has 5 nitrogen and oxygen atoms in total. The van der Waals surface area contributed by atoms with E-state index in [1.165, 1.54) is 12.2 Å². The normalized spacial score (nSPS) is 11.3. The summed E-state index contributed by atoms with van der Waals surface area (Å²) in [6, 6.07) is 5.04. The first-order valence-electron chi connectivity index (χ1n) is 6.21. The van der Waals surface area contributed by atoms with Gasteiger partial charge in [-0.1, -0.05) is 23.2 Å². The number of H-pyrrole nitrogens is 1. The van der Waals surface area contributed by atoms with Crippen LogP contribution < -0.4 is 0 Å². The van der Waals surface area contributed by atoms with Crippen LogP contribution in [0.15, 0.2) is 24.3 Å². The minimum absolute atomic E-state index is 0.166. The number of halogens is 2. The molecule has 0 unspecified atom stereocenters. The smallest absolute Gasteiger partial charge is 0.331 e. The number of benzene rings is 1. The molecule has 1 heterocycles. The monoisotopic (exact) mass is 325 g/mol. The number of esters is 1. The van der Waals surface area contributed by atoms with E-state index in [1.54, 1.807) is 32.0 Å². The fraction of sp³-hybridized carbons (Fsp3) is 0.214. The SMILES string of the molecule is CC(C)OC(=O)/C=C/c1nc(-c2cc(Cl)cc(Cl)c2)n[nH]1. The summed E-state index contributed by atoms with van der Waals surface area (Å²) in [6.45, 7) is 3.56. The molecule has 2 aromatic rings. The van der Waals surface area contributed by atoms with Gasteiger partial charge in [0.25, 0.3) is 0 Å². The number of ether oxygens (including phenoxy) is 1. The lowest BCUT2D eigenvalue weighted by molar-refractivity contribution is -0.141. The Balaban J connectivity index is 2.14. The van der Waals surface area contributed by atoms with Gasteiger partial charge in [-0.25, -0.2) is 9.78 Å². The van der Waals surface area contributed by atoms with Crippen molar-refractivity contribution in [3.63, 3.8) is 0 Å². The highest BCUT2D eigenvalue weighted by atomic mass is 35.5. The molecule has 2 rings (SSSR count). The molecule has 0 aliphatic heterocycles. The van der Waals surface area contributed by atoms with E-state index in [0.717, 1.165) is 0 Å². The van der Waals surface area contributed by atoms with E-state index in [9.17, 15) is 4.79 Å². The van der Waals surface area contributed by atoms with Crippen LogP contribution in [0.3, 0.4) is 0 Å². The van der Waals surface area contributed by atoms with Gasteiger partial charge in [-0.3, -0.25) is 5.10 Å². The molecule has 110 valence electrons.